The molecule has 0 atom stereocenters. The summed E-state index contributed by atoms with van der Waals surface area (Å²) in [5.74, 6) is 0.242. The first-order chi connectivity index (χ1) is 10.7. The minimum atomic E-state index is -0.108. The van der Waals surface area contributed by atoms with Crippen molar-refractivity contribution in [3.05, 3.63) is 28.8 Å². The van der Waals surface area contributed by atoms with Crippen molar-refractivity contribution in [1.82, 2.24) is 10.2 Å². The summed E-state index contributed by atoms with van der Waals surface area (Å²) in [6.45, 7) is 12.6. The molecule has 23 heavy (non-hydrogen) atoms. The van der Waals surface area contributed by atoms with Crippen LogP contribution in [0.2, 0.25) is 0 Å². The van der Waals surface area contributed by atoms with E-state index in [9.17, 15) is 9.59 Å². The number of nitrogens with one attached hydrogen (secondary N) is 1. The molecule has 2 amide bonds. The number of carbonyl (C=O) groups excluding carboxylic acids is 2. The van der Waals surface area contributed by atoms with E-state index in [-0.39, 0.29) is 24.4 Å². The van der Waals surface area contributed by atoms with Crippen LogP contribution in [0.1, 0.15) is 37.5 Å². The van der Waals surface area contributed by atoms with E-state index in [0.29, 0.717) is 12.3 Å². The molecular formula is C18H28N2O2S. The molecule has 0 aromatic heterocycles. The lowest BCUT2D eigenvalue weighted by atomic mass is 10.1. The zero-order chi connectivity index (χ0) is 17.6. The third-order valence-corrected chi connectivity index (χ3v) is 4.79. The molecule has 4 nitrogen and oxygen atoms in total. The topological polar surface area (TPSA) is 49.4 Å². The van der Waals surface area contributed by atoms with Gasteiger partial charge in [0.15, 0.2) is 0 Å². The first kappa shape index (κ1) is 19.6. The molecule has 1 aromatic rings. The molecule has 0 aliphatic carbocycles. The van der Waals surface area contributed by atoms with Gasteiger partial charge in [-0.3, -0.25) is 9.59 Å². The molecule has 0 radical (unpaired) electrons. The summed E-state index contributed by atoms with van der Waals surface area (Å²) in [6.07, 6.45) is 0. The summed E-state index contributed by atoms with van der Waals surface area (Å²) in [7, 11) is 0. The van der Waals surface area contributed by atoms with Crippen molar-refractivity contribution >= 4 is 23.6 Å². The molecule has 0 aliphatic rings. The van der Waals surface area contributed by atoms with Crippen LogP contribution >= 0.6 is 11.8 Å². The highest BCUT2D eigenvalue weighted by molar-refractivity contribution is 8.00. The maximum absolute atomic E-state index is 12.4. The van der Waals surface area contributed by atoms with E-state index in [2.05, 4.69) is 38.2 Å². The third-order valence-electron chi connectivity index (χ3n) is 3.46. The fraction of sp³-hybridized carbons (Fsp3) is 0.556. The molecular weight excluding hydrogens is 308 g/mol. The van der Waals surface area contributed by atoms with E-state index >= 15 is 0 Å². The van der Waals surface area contributed by atoms with Crippen LogP contribution in [-0.4, -0.2) is 41.6 Å². The van der Waals surface area contributed by atoms with Crippen molar-refractivity contribution < 1.29 is 9.59 Å². The van der Waals surface area contributed by atoms with Gasteiger partial charge in [0.05, 0.1) is 12.3 Å². The molecule has 0 unspecified atom stereocenters. The first-order valence-electron chi connectivity index (χ1n) is 8.02. The van der Waals surface area contributed by atoms with Gasteiger partial charge in [0.25, 0.3) is 0 Å². The summed E-state index contributed by atoms with van der Waals surface area (Å²) in [6, 6.07) is 4.35. The Morgan fingerprint density at radius 3 is 2.22 bits per heavy atom. The molecule has 5 heteroatoms. The molecule has 128 valence electrons. The summed E-state index contributed by atoms with van der Waals surface area (Å²) >= 11 is 1.55. The predicted molar refractivity (Wildman–Crippen MR) is 96.9 cm³/mol. The lowest BCUT2D eigenvalue weighted by Crippen LogP contribution is -2.43. The van der Waals surface area contributed by atoms with Gasteiger partial charge in [-0.15, -0.1) is 11.8 Å². The van der Waals surface area contributed by atoms with Crippen LogP contribution < -0.4 is 5.32 Å². The minimum Gasteiger partial charge on any atom is -0.352 e. The van der Waals surface area contributed by atoms with Crippen LogP contribution in [0.4, 0.5) is 0 Å². The lowest BCUT2D eigenvalue weighted by Gasteiger charge is -2.21. The number of hydrogen-bond acceptors (Lipinski definition) is 3. The Kier molecular flexibility index (Phi) is 7.62. The average molecular weight is 337 g/mol. The van der Waals surface area contributed by atoms with E-state index < -0.39 is 0 Å². The fourth-order valence-electron chi connectivity index (χ4n) is 2.54. The van der Waals surface area contributed by atoms with Gasteiger partial charge < -0.3 is 10.2 Å². The van der Waals surface area contributed by atoms with Crippen molar-refractivity contribution in [2.45, 2.75) is 52.5 Å². The number of rotatable bonds is 7. The van der Waals surface area contributed by atoms with Crippen LogP contribution in [0.15, 0.2) is 17.0 Å². The highest BCUT2D eigenvalue weighted by Crippen LogP contribution is 2.27. The summed E-state index contributed by atoms with van der Waals surface area (Å²) in [5, 5.41) is 2.82. The van der Waals surface area contributed by atoms with Crippen LogP contribution in [0.25, 0.3) is 0 Å². The van der Waals surface area contributed by atoms with Crippen molar-refractivity contribution in [2.75, 3.05) is 18.8 Å². The minimum absolute atomic E-state index is 0.00391. The Balaban J connectivity index is 2.66. The van der Waals surface area contributed by atoms with Crippen molar-refractivity contribution in [3.8, 4) is 0 Å². The van der Waals surface area contributed by atoms with Gasteiger partial charge in [-0.1, -0.05) is 17.7 Å². The number of carbonyl (C=O) groups is 2. The van der Waals surface area contributed by atoms with Crippen LogP contribution in [0.3, 0.4) is 0 Å². The van der Waals surface area contributed by atoms with Crippen LogP contribution in [-0.2, 0) is 9.59 Å². The molecule has 0 heterocycles. The molecule has 0 bridgehead atoms. The van der Waals surface area contributed by atoms with Gasteiger partial charge in [-0.05, 0) is 52.7 Å². The number of thioether (sulfide) groups is 1. The molecule has 0 spiro atoms. The summed E-state index contributed by atoms with van der Waals surface area (Å²) in [4.78, 5) is 27.0. The second kappa shape index (κ2) is 8.96. The van der Waals surface area contributed by atoms with Gasteiger partial charge in [0.1, 0.15) is 0 Å². The van der Waals surface area contributed by atoms with Crippen molar-refractivity contribution in [2.24, 2.45) is 0 Å². The number of likely N-dealkylation sites (N-methyl/N-ethyl adjacent to an activating group) is 1. The Bertz CT molecular complexity index is 547. The Labute approximate surface area is 144 Å². The second-order valence-corrected chi connectivity index (χ2v) is 7.13. The smallest absolute Gasteiger partial charge is 0.239 e. The maximum Gasteiger partial charge on any atom is 0.239 e. The maximum atomic E-state index is 12.4. The van der Waals surface area contributed by atoms with E-state index in [1.54, 1.807) is 16.7 Å². The zero-order valence-corrected chi connectivity index (χ0v) is 15.8. The van der Waals surface area contributed by atoms with Gasteiger partial charge in [-0.2, -0.15) is 0 Å². The molecule has 0 fully saturated rings. The van der Waals surface area contributed by atoms with Gasteiger partial charge in [0, 0.05) is 17.5 Å². The fourth-order valence-corrected chi connectivity index (χ4v) is 3.56. The number of aryl methyl sites for hydroxylation is 3. The lowest BCUT2D eigenvalue weighted by molar-refractivity contribution is -0.134. The average Bonchev–Trinajstić information content (AvgIpc) is 2.42. The number of benzene rings is 1. The van der Waals surface area contributed by atoms with E-state index in [0.717, 1.165) is 4.90 Å². The molecule has 1 rings (SSSR count). The zero-order valence-electron chi connectivity index (χ0n) is 15.0. The highest BCUT2D eigenvalue weighted by Gasteiger charge is 2.17. The molecule has 0 saturated carbocycles. The molecule has 0 saturated heterocycles. The predicted octanol–water partition coefficient (Wildman–Crippen LogP) is 3.08. The SMILES string of the molecule is CCN(CC(=O)NC(C)C)C(=O)CSc1c(C)cc(C)cc1C. The molecule has 1 N–H and O–H groups in total. The number of hydrogen-bond donors (Lipinski definition) is 1. The molecule has 0 aliphatic heterocycles. The largest absolute Gasteiger partial charge is 0.352 e. The Hall–Kier alpha value is -1.49. The first-order valence-corrected chi connectivity index (χ1v) is 9.00. The summed E-state index contributed by atoms with van der Waals surface area (Å²) < 4.78 is 0. The third kappa shape index (κ3) is 6.26. The summed E-state index contributed by atoms with van der Waals surface area (Å²) in [5.41, 5.74) is 3.62. The van der Waals surface area contributed by atoms with E-state index in [4.69, 9.17) is 0 Å². The van der Waals surface area contributed by atoms with Crippen molar-refractivity contribution in [3.63, 3.8) is 0 Å². The quantitative estimate of drug-likeness (QED) is 0.779. The molecule has 1 aromatic carbocycles. The van der Waals surface area contributed by atoms with Gasteiger partial charge >= 0.3 is 0 Å². The van der Waals surface area contributed by atoms with Gasteiger partial charge in [-0.25, -0.2) is 0 Å². The number of nitrogens with zero attached hydrogens (tertiary/aromatic N) is 1. The van der Waals surface area contributed by atoms with Crippen molar-refractivity contribution in [1.29, 1.82) is 0 Å². The van der Waals surface area contributed by atoms with Crippen LogP contribution in [0, 0.1) is 20.8 Å². The second-order valence-electron chi connectivity index (χ2n) is 6.15. The van der Waals surface area contributed by atoms with Gasteiger partial charge in [0.2, 0.25) is 11.8 Å². The monoisotopic (exact) mass is 336 g/mol. The highest BCUT2D eigenvalue weighted by atomic mass is 32.2. The number of amides is 2. The Morgan fingerprint density at radius 1 is 1.17 bits per heavy atom. The van der Waals surface area contributed by atoms with Crippen LogP contribution in [0.5, 0.6) is 0 Å². The van der Waals surface area contributed by atoms with E-state index in [1.165, 1.54) is 16.7 Å². The normalized spacial score (nSPS) is 10.7. The standard InChI is InChI=1S/C18H28N2O2S/c1-7-20(10-16(21)19-12(2)3)17(22)11-23-18-14(5)8-13(4)9-15(18)6/h8-9,12H,7,10-11H2,1-6H3,(H,19,21). The Morgan fingerprint density at radius 2 is 1.74 bits per heavy atom. The van der Waals surface area contributed by atoms with E-state index in [1.807, 2.05) is 20.8 Å².